The van der Waals surface area contributed by atoms with Crippen LogP contribution in [-0.4, -0.2) is 65.6 Å². The first-order chi connectivity index (χ1) is 24.6. The molecule has 2 amide bonds. The summed E-state index contributed by atoms with van der Waals surface area (Å²) in [5.41, 5.74) is 3.16. The topological polar surface area (TPSA) is 173 Å². The summed E-state index contributed by atoms with van der Waals surface area (Å²) in [5, 5.41) is 11.7. The number of carbonyl (C=O) groups excluding carboxylic acids is 3. The maximum atomic E-state index is 14.3. The van der Waals surface area contributed by atoms with E-state index in [1.807, 2.05) is 71.8 Å². The van der Waals surface area contributed by atoms with Crippen molar-refractivity contribution in [1.29, 1.82) is 0 Å². The molecule has 268 valence electrons. The van der Waals surface area contributed by atoms with Crippen LogP contribution in [0.3, 0.4) is 0 Å². The van der Waals surface area contributed by atoms with Crippen LogP contribution in [0.5, 0.6) is 5.75 Å². The molecular formula is C37H42N5O8P. The number of nitrogens with zero attached hydrogens (tertiary/aromatic N) is 4. The summed E-state index contributed by atoms with van der Waals surface area (Å²) in [7, 11) is -4.74. The molecule has 0 bridgehead atoms. The van der Waals surface area contributed by atoms with Gasteiger partial charge in [-0.1, -0.05) is 90.9 Å². The van der Waals surface area contributed by atoms with Crippen molar-refractivity contribution in [2.24, 2.45) is 5.92 Å². The van der Waals surface area contributed by atoms with Crippen LogP contribution in [0, 0.1) is 5.92 Å². The molecule has 6 rings (SSSR count). The van der Waals surface area contributed by atoms with Crippen LogP contribution >= 0.6 is 7.82 Å². The zero-order valence-electron chi connectivity index (χ0n) is 28.1. The number of carbonyl (C=O) groups is 3. The highest BCUT2D eigenvalue weighted by Crippen LogP contribution is 2.37. The Hall–Kier alpha value is -4.84. The van der Waals surface area contributed by atoms with E-state index in [-0.39, 0.29) is 43.2 Å². The molecule has 0 radical (unpaired) electrons. The summed E-state index contributed by atoms with van der Waals surface area (Å²) in [6, 6.07) is 24.1. The number of esters is 1. The summed E-state index contributed by atoms with van der Waals surface area (Å²) >= 11 is 0. The molecule has 1 aromatic heterocycles. The maximum Gasteiger partial charge on any atom is 0.524 e. The van der Waals surface area contributed by atoms with E-state index in [1.165, 1.54) is 12.1 Å². The van der Waals surface area contributed by atoms with Crippen molar-refractivity contribution in [2.75, 3.05) is 0 Å². The fraction of sp³-hybridized carbons (Fsp3) is 0.378. The Morgan fingerprint density at radius 3 is 2.33 bits per heavy atom. The van der Waals surface area contributed by atoms with Crippen LogP contribution in [-0.2, 0) is 43.3 Å². The Kier molecular flexibility index (Phi) is 11.6. The van der Waals surface area contributed by atoms with Crippen LogP contribution in [0.25, 0.3) is 11.3 Å². The maximum absolute atomic E-state index is 14.3. The highest BCUT2D eigenvalue weighted by Gasteiger charge is 2.41. The molecular weight excluding hydrogens is 673 g/mol. The van der Waals surface area contributed by atoms with Crippen LogP contribution in [0.15, 0.2) is 91.1 Å². The number of nitrogens with one attached hydrogen (secondary N) is 1. The first-order valence-electron chi connectivity index (χ1n) is 17.2. The standard InChI is InChI=1S/C37H42N5O8P/c43-35(49-25-27-9-3-1-4-10-27)22-29(21-26-15-19-32(20-16-26)50-51(46,47)48)36(44)38-33-14-8-7-13-30-17-18-31(42(30)37(33)45)23-41-24-34(39-40-41)28-11-5-2-6-12-28/h1-6,9-12,15-16,19-20,24,29-31,33H,7-8,13-14,17-18,21-23,25H2,(H,38,44)(H2,46,47,48)/t29-,30+,31+,33+/m1/s1. The normalized spacial score (nSPS) is 19.8. The highest BCUT2D eigenvalue weighted by atomic mass is 31.2. The quantitative estimate of drug-likeness (QED) is 0.129. The van der Waals surface area contributed by atoms with Crippen molar-refractivity contribution in [3.8, 4) is 17.0 Å². The number of fused-ring (bicyclic) bond motifs is 1. The molecule has 3 aromatic carbocycles. The van der Waals surface area contributed by atoms with E-state index in [0.29, 0.717) is 18.5 Å². The minimum atomic E-state index is -4.74. The summed E-state index contributed by atoms with van der Waals surface area (Å²) in [6.07, 6.45) is 6.54. The summed E-state index contributed by atoms with van der Waals surface area (Å²) < 4.78 is 23.2. The number of ether oxygens (including phenoxy) is 1. The van der Waals surface area contributed by atoms with Crippen molar-refractivity contribution < 1.29 is 38.0 Å². The molecule has 0 spiro atoms. The Bertz CT molecular complexity index is 1830. The number of phosphoric acid groups is 1. The predicted octanol–water partition coefficient (Wildman–Crippen LogP) is 4.83. The Balaban J connectivity index is 1.16. The lowest BCUT2D eigenvalue weighted by molar-refractivity contribution is -0.148. The van der Waals surface area contributed by atoms with E-state index in [1.54, 1.807) is 16.8 Å². The summed E-state index contributed by atoms with van der Waals surface area (Å²) in [6.45, 7) is 0.542. The summed E-state index contributed by atoms with van der Waals surface area (Å²) in [4.78, 5) is 61.5. The SMILES string of the molecule is O=C(C[C@@H](Cc1ccc(OP(=O)(O)O)cc1)C(=O)N[C@H]1CCCC[C@H]2CC[C@@H](Cn3cc(-c4ccccc4)nn3)N2C1=O)OCc1ccccc1. The third kappa shape index (κ3) is 9.90. The fourth-order valence-corrected chi connectivity index (χ4v) is 7.34. The third-order valence-electron chi connectivity index (χ3n) is 9.43. The lowest BCUT2D eigenvalue weighted by Gasteiger charge is -2.36. The number of amides is 2. The van der Waals surface area contributed by atoms with Gasteiger partial charge in [0.25, 0.3) is 0 Å². The van der Waals surface area contributed by atoms with Gasteiger partial charge in [0.1, 0.15) is 24.1 Å². The molecule has 51 heavy (non-hydrogen) atoms. The first kappa shape index (κ1) is 36.0. The van der Waals surface area contributed by atoms with Crippen LogP contribution < -0.4 is 9.84 Å². The van der Waals surface area contributed by atoms with E-state index in [2.05, 4.69) is 20.2 Å². The molecule has 2 saturated heterocycles. The molecule has 2 aliphatic rings. The minimum Gasteiger partial charge on any atom is -0.461 e. The first-order valence-corrected chi connectivity index (χ1v) is 18.8. The van der Waals surface area contributed by atoms with Crippen molar-refractivity contribution in [2.45, 2.75) is 82.6 Å². The Morgan fingerprint density at radius 1 is 0.902 bits per heavy atom. The van der Waals surface area contributed by atoms with Crippen LogP contribution in [0.2, 0.25) is 0 Å². The number of phosphoric ester groups is 1. The lowest BCUT2D eigenvalue weighted by Crippen LogP contribution is -2.55. The second-order valence-corrected chi connectivity index (χ2v) is 14.3. The second-order valence-electron chi connectivity index (χ2n) is 13.1. The van der Waals surface area contributed by atoms with Gasteiger partial charge in [0, 0.05) is 11.6 Å². The molecule has 0 saturated carbocycles. The number of benzene rings is 3. The molecule has 0 unspecified atom stereocenters. The molecule has 2 fully saturated rings. The number of rotatable bonds is 13. The minimum absolute atomic E-state index is 0.0348. The van der Waals surface area contributed by atoms with Gasteiger partial charge in [-0.25, -0.2) is 9.25 Å². The molecule has 4 atom stereocenters. The average Bonchev–Trinajstić information content (AvgIpc) is 3.75. The molecule has 4 aromatic rings. The predicted molar refractivity (Wildman–Crippen MR) is 187 cm³/mol. The van der Waals surface area contributed by atoms with Gasteiger partial charge in [-0.3, -0.25) is 24.2 Å². The van der Waals surface area contributed by atoms with Crippen molar-refractivity contribution in [3.05, 3.63) is 102 Å². The smallest absolute Gasteiger partial charge is 0.461 e. The van der Waals surface area contributed by atoms with E-state index in [0.717, 1.165) is 48.9 Å². The zero-order valence-corrected chi connectivity index (χ0v) is 29.0. The Labute approximate surface area is 296 Å². The fourth-order valence-electron chi connectivity index (χ4n) is 6.95. The lowest BCUT2D eigenvalue weighted by atomic mass is 9.93. The second kappa shape index (κ2) is 16.5. The van der Waals surface area contributed by atoms with E-state index < -0.39 is 31.7 Å². The van der Waals surface area contributed by atoms with Crippen molar-refractivity contribution in [3.63, 3.8) is 0 Å². The number of hydrogen-bond acceptors (Lipinski definition) is 8. The van der Waals surface area contributed by atoms with Gasteiger partial charge in [-0.05, 0) is 55.4 Å². The highest BCUT2D eigenvalue weighted by molar-refractivity contribution is 7.46. The van der Waals surface area contributed by atoms with Gasteiger partial charge in [0.2, 0.25) is 11.8 Å². The Morgan fingerprint density at radius 2 is 1.61 bits per heavy atom. The largest absolute Gasteiger partial charge is 0.524 e. The van der Waals surface area contributed by atoms with Gasteiger partial charge in [0.15, 0.2) is 0 Å². The summed E-state index contributed by atoms with van der Waals surface area (Å²) in [5.74, 6) is -2.06. The molecule has 0 aliphatic carbocycles. The van der Waals surface area contributed by atoms with Crippen LogP contribution in [0.1, 0.15) is 56.1 Å². The van der Waals surface area contributed by atoms with Gasteiger partial charge < -0.3 is 19.5 Å². The van der Waals surface area contributed by atoms with Crippen LogP contribution in [0.4, 0.5) is 0 Å². The van der Waals surface area contributed by atoms with Crippen molar-refractivity contribution in [1.82, 2.24) is 25.2 Å². The number of hydrogen-bond donors (Lipinski definition) is 3. The molecule has 2 aliphatic heterocycles. The van der Waals surface area contributed by atoms with Gasteiger partial charge in [-0.2, -0.15) is 0 Å². The molecule has 3 heterocycles. The van der Waals surface area contributed by atoms with E-state index in [4.69, 9.17) is 14.5 Å². The molecule has 3 N–H and O–H groups in total. The van der Waals surface area contributed by atoms with E-state index >= 15 is 0 Å². The zero-order chi connectivity index (χ0) is 35.8. The van der Waals surface area contributed by atoms with Crippen molar-refractivity contribution >= 4 is 25.6 Å². The molecule has 13 nitrogen and oxygen atoms in total. The third-order valence-corrected chi connectivity index (χ3v) is 9.88. The monoisotopic (exact) mass is 715 g/mol. The molecule has 14 heteroatoms. The van der Waals surface area contributed by atoms with Gasteiger partial charge in [-0.15, -0.1) is 5.10 Å². The van der Waals surface area contributed by atoms with Gasteiger partial charge in [0.05, 0.1) is 31.1 Å². The van der Waals surface area contributed by atoms with Gasteiger partial charge >= 0.3 is 13.8 Å². The average molecular weight is 716 g/mol. The number of aromatic nitrogens is 3. The van der Waals surface area contributed by atoms with E-state index in [9.17, 15) is 18.9 Å².